The normalized spacial score (nSPS) is 26.4. The summed E-state index contributed by atoms with van der Waals surface area (Å²) in [5, 5.41) is 4.52. The fraction of sp³-hybridized carbons (Fsp3) is 0.667. The molecule has 1 aliphatic carbocycles. The number of rotatable bonds is 4. The molecule has 0 spiro atoms. The zero-order valence-electron chi connectivity index (χ0n) is 12.8. The van der Waals surface area contributed by atoms with Crippen molar-refractivity contribution in [2.75, 3.05) is 0 Å². The molecule has 3 rings (SSSR count). The number of imide groups is 1. The van der Waals surface area contributed by atoms with E-state index in [4.69, 9.17) is 0 Å². The van der Waals surface area contributed by atoms with Gasteiger partial charge in [-0.15, -0.1) is 0 Å². The Hall–Kier alpha value is -1.17. The standard InChI is InChI=1S/C15H20BrN3O2/c1-5-8-12(16)9(19(6-2)17-8)7-18-13(20)10-11(14(18)21)15(10,3)4/h10-11H,5-7H2,1-4H3. The van der Waals surface area contributed by atoms with E-state index in [1.54, 1.807) is 0 Å². The molecular weight excluding hydrogens is 334 g/mol. The second-order valence-corrected chi connectivity index (χ2v) is 7.21. The summed E-state index contributed by atoms with van der Waals surface area (Å²) in [5.74, 6) is -0.285. The first-order valence-electron chi connectivity index (χ1n) is 7.43. The van der Waals surface area contributed by atoms with Crippen LogP contribution in [0.15, 0.2) is 4.47 Å². The highest BCUT2D eigenvalue weighted by molar-refractivity contribution is 9.10. The van der Waals surface area contributed by atoms with Crippen LogP contribution in [0.1, 0.15) is 39.1 Å². The summed E-state index contributed by atoms with van der Waals surface area (Å²) < 4.78 is 2.80. The van der Waals surface area contributed by atoms with Crippen LogP contribution >= 0.6 is 15.9 Å². The summed E-state index contributed by atoms with van der Waals surface area (Å²) in [6, 6.07) is 0. The van der Waals surface area contributed by atoms with Crippen molar-refractivity contribution in [1.82, 2.24) is 14.7 Å². The molecule has 1 saturated heterocycles. The van der Waals surface area contributed by atoms with E-state index in [9.17, 15) is 9.59 Å². The summed E-state index contributed by atoms with van der Waals surface area (Å²) in [7, 11) is 0. The van der Waals surface area contributed by atoms with Crippen LogP contribution in [0.4, 0.5) is 0 Å². The van der Waals surface area contributed by atoms with Gasteiger partial charge in [-0.05, 0) is 34.7 Å². The second kappa shape index (κ2) is 4.66. The van der Waals surface area contributed by atoms with Gasteiger partial charge < -0.3 is 0 Å². The van der Waals surface area contributed by atoms with Gasteiger partial charge in [-0.1, -0.05) is 20.8 Å². The van der Waals surface area contributed by atoms with Crippen molar-refractivity contribution in [2.24, 2.45) is 17.3 Å². The predicted octanol–water partition coefficient (Wildman–Crippen LogP) is 2.37. The summed E-state index contributed by atoms with van der Waals surface area (Å²) in [6.45, 7) is 9.09. The maximum atomic E-state index is 12.4. The molecule has 2 unspecified atom stereocenters. The molecule has 1 saturated carbocycles. The Morgan fingerprint density at radius 2 is 1.76 bits per heavy atom. The van der Waals surface area contributed by atoms with Crippen LogP contribution in [0.25, 0.3) is 0 Å². The molecule has 6 heteroatoms. The highest BCUT2D eigenvalue weighted by Crippen LogP contribution is 2.63. The number of piperidine rings is 1. The molecule has 0 radical (unpaired) electrons. The second-order valence-electron chi connectivity index (χ2n) is 6.42. The number of aryl methyl sites for hydroxylation is 2. The number of halogens is 1. The van der Waals surface area contributed by atoms with E-state index in [1.165, 1.54) is 4.90 Å². The Bertz CT molecular complexity index is 611. The molecule has 2 heterocycles. The Morgan fingerprint density at radius 3 is 2.24 bits per heavy atom. The van der Waals surface area contributed by atoms with E-state index in [2.05, 4.69) is 21.0 Å². The fourth-order valence-corrected chi connectivity index (χ4v) is 4.17. The van der Waals surface area contributed by atoms with Gasteiger partial charge in [0.2, 0.25) is 11.8 Å². The van der Waals surface area contributed by atoms with Crippen molar-refractivity contribution in [3.05, 3.63) is 15.9 Å². The van der Waals surface area contributed by atoms with Crippen LogP contribution in [0.3, 0.4) is 0 Å². The molecule has 1 aliphatic heterocycles. The van der Waals surface area contributed by atoms with Crippen LogP contribution < -0.4 is 0 Å². The fourth-order valence-electron chi connectivity index (χ4n) is 3.48. The maximum Gasteiger partial charge on any atom is 0.234 e. The molecule has 1 aromatic heterocycles. The number of hydrogen-bond acceptors (Lipinski definition) is 3. The van der Waals surface area contributed by atoms with Crippen molar-refractivity contribution in [2.45, 2.75) is 47.2 Å². The lowest BCUT2D eigenvalue weighted by Gasteiger charge is -2.21. The van der Waals surface area contributed by atoms with Crippen LogP contribution in [-0.2, 0) is 29.1 Å². The van der Waals surface area contributed by atoms with Crippen molar-refractivity contribution in [3.63, 3.8) is 0 Å². The van der Waals surface area contributed by atoms with E-state index in [-0.39, 0.29) is 29.1 Å². The lowest BCUT2D eigenvalue weighted by molar-refractivity contribution is -0.143. The average molecular weight is 354 g/mol. The minimum absolute atomic E-state index is 0.0243. The van der Waals surface area contributed by atoms with Gasteiger partial charge in [0.25, 0.3) is 0 Å². The summed E-state index contributed by atoms with van der Waals surface area (Å²) >= 11 is 3.57. The third-order valence-electron chi connectivity index (χ3n) is 4.89. The lowest BCUT2D eigenvalue weighted by Crippen LogP contribution is -2.36. The quantitative estimate of drug-likeness (QED) is 0.780. The molecule has 2 atom stereocenters. The maximum absolute atomic E-state index is 12.4. The minimum Gasteiger partial charge on any atom is -0.276 e. The number of fused-ring (bicyclic) bond motifs is 1. The van der Waals surface area contributed by atoms with Gasteiger partial charge in [0.15, 0.2) is 0 Å². The number of aromatic nitrogens is 2. The number of carbonyl (C=O) groups excluding carboxylic acids is 2. The lowest BCUT2D eigenvalue weighted by atomic mass is 10.1. The molecule has 2 fully saturated rings. The van der Waals surface area contributed by atoms with Crippen molar-refractivity contribution in [1.29, 1.82) is 0 Å². The molecule has 0 aromatic carbocycles. The van der Waals surface area contributed by atoms with E-state index in [0.29, 0.717) is 6.54 Å². The van der Waals surface area contributed by atoms with Gasteiger partial charge in [0, 0.05) is 6.54 Å². The van der Waals surface area contributed by atoms with Gasteiger partial charge in [0.05, 0.1) is 34.2 Å². The molecule has 2 amide bonds. The number of nitrogens with zero attached hydrogens (tertiary/aromatic N) is 3. The van der Waals surface area contributed by atoms with Crippen LogP contribution in [0.5, 0.6) is 0 Å². The van der Waals surface area contributed by atoms with Gasteiger partial charge in [-0.3, -0.25) is 19.2 Å². The summed E-state index contributed by atoms with van der Waals surface area (Å²) in [6.07, 6.45) is 0.820. The first-order valence-corrected chi connectivity index (χ1v) is 8.23. The Balaban J connectivity index is 1.88. The third-order valence-corrected chi connectivity index (χ3v) is 5.81. The van der Waals surface area contributed by atoms with E-state index < -0.39 is 0 Å². The van der Waals surface area contributed by atoms with Gasteiger partial charge >= 0.3 is 0 Å². The van der Waals surface area contributed by atoms with Crippen molar-refractivity contribution >= 4 is 27.7 Å². The zero-order valence-corrected chi connectivity index (χ0v) is 14.4. The molecule has 21 heavy (non-hydrogen) atoms. The SMILES string of the molecule is CCc1nn(CC)c(CN2C(=O)C3C(C2=O)C3(C)C)c1Br. The highest BCUT2D eigenvalue weighted by atomic mass is 79.9. The Kier molecular flexibility index (Phi) is 3.28. The molecule has 1 aromatic rings. The molecule has 0 bridgehead atoms. The zero-order chi connectivity index (χ0) is 15.5. The monoisotopic (exact) mass is 353 g/mol. The average Bonchev–Trinajstić information content (AvgIpc) is 2.73. The third kappa shape index (κ3) is 1.91. The first kappa shape index (κ1) is 14.8. The number of likely N-dealkylation sites (tertiary alicyclic amines) is 1. The van der Waals surface area contributed by atoms with Gasteiger partial charge in [-0.2, -0.15) is 5.10 Å². The number of carbonyl (C=O) groups is 2. The molecule has 114 valence electrons. The smallest absolute Gasteiger partial charge is 0.234 e. The minimum atomic E-state index is -0.151. The largest absolute Gasteiger partial charge is 0.276 e. The molecule has 0 N–H and O–H groups in total. The Labute approximate surface area is 132 Å². The van der Waals surface area contributed by atoms with Crippen molar-refractivity contribution < 1.29 is 9.59 Å². The van der Waals surface area contributed by atoms with Crippen LogP contribution in [0, 0.1) is 17.3 Å². The van der Waals surface area contributed by atoms with Crippen LogP contribution in [0.2, 0.25) is 0 Å². The van der Waals surface area contributed by atoms with Gasteiger partial charge in [-0.25, -0.2) is 0 Å². The first-order chi connectivity index (χ1) is 9.84. The molecular formula is C15H20BrN3O2. The summed E-state index contributed by atoms with van der Waals surface area (Å²) in [4.78, 5) is 26.3. The van der Waals surface area contributed by atoms with E-state index >= 15 is 0 Å². The molecule has 5 nitrogen and oxygen atoms in total. The topological polar surface area (TPSA) is 55.2 Å². The van der Waals surface area contributed by atoms with Crippen LogP contribution in [-0.4, -0.2) is 26.5 Å². The Morgan fingerprint density at radius 1 is 1.19 bits per heavy atom. The molecule has 2 aliphatic rings. The van der Waals surface area contributed by atoms with E-state index in [1.807, 2.05) is 32.4 Å². The number of amides is 2. The van der Waals surface area contributed by atoms with Crippen molar-refractivity contribution in [3.8, 4) is 0 Å². The summed E-state index contributed by atoms with van der Waals surface area (Å²) in [5.41, 5.74) is 1.73. The van der Waals surface area contributed by atoms with Gasteiger partial charge in [0.1, 0.15) is 0 Å². The number of hydrogen-bond donors (Lipinski definition) is 0. The van der Waals surface area contributed by atoms with E-state index in [0.717, 1.165) is 28.8 Å². The highest BCUT2D eigenvalue weighted by Gasteiger charge is 2.72. The predicted molar refractivity (Wildman–Crippen MR) is 81.3 cm³/mol.